The maximum Gasteiger partial charge on any atom is 0.259 e. The molecular formula is C8H8BrN3O2. The van der Waals surface area contributed by atoms with Crippen molar-refractivity contribution in [2.24, 2.45) is 0 Å². The van der Waals surface area contributed by atoms with Crippen LogP contribution >= 0.6 is 15.9 Å². The Kier molecular flexibility index (Phi) is 2.64. The topological polar surface area (TPSA) is 59.7 Å². The highest BCUT2D eigenvalue weighted by molar-refractivity contribution is 9.10. The molecule has 0 aliphatic heterocycles. The van der Waals surface area contributed by atoms with Crippen LogP contribution in [0.15, 0.2) is 23.2 Å². The average Bonchev–Trinajstić information content (AvgIpc) is 2.61. The second kappa shape index (κ2) is 3.93. The third-order valence-electron chi connectivity index (χ3n) is 1.64. The number of hydrogen-bond donors (Lipinski definition) is 1. The van der Waals surface area contributed by atoms with E-state index in [2.05, 4.69) is 25.9 Å². The van der Waals surface area contributed by atoms with Gasteiger partial charge in [-0.1, -0.05) is 0 Å². The van der Waals surface area contributed by atoms with E-state index in [0.717, 1.165) is 0 Å². The molecule has 0 saturated carbocycles. The monoisotopic (exact) mass is 257 g/mol. The molecule has 5 nitrogen and oxygen atoms in total. The molecule has 0 saturated heterocycles. The van der Waals surface area contributed by atoms with Crippen molar-refractivity contribution < 1.29 is 9.84 Å². The molecule has 14 heavy (non-hydrogen) atoms. The summed E-state index contributed by atoms with van der Waals surface area (Å²) in [5.74, 6) is 0.415. The summed E-state index contributed by atoms with van der Waals surface area (Å²) in [6, 6.07) is 0. The molecule has 2 heterocycles. The highest BCUT2D eigenvalue weighted by Gasteiger charge is 2.06. The van der Waals surface area contributed by atoms with E-state index in [1.54, 1.807) is 23.0 Å². The quantitative estimate of drug-likeness (QED) is 0.887. The number of aliphatic hydroxyl groups is 1. The predicted octanol–water partition coefficient (Wildman–Crippen LogP) is 0.863. The Balaban J connectivity index is 2.44. The first-order chi connectivity index (χ1) is 6.81. The number of halogens is 1. The molecule has 1 N–H and O–H groups in total. The molecule has 2 aromatic rings. The molecule has 74 valence electrons. The Morgan fingerprint density at radius 2 is 2.43 bits per heavy atom. The van der Waals surface area contributed by atoms with Crippen LogP contribution in [-0.2, 0) is 0 Å². The van der Waals surface area contributed by atoms with Gasteiger partial charge in [-0.25, -0.2) is 9.97 Å². The number of ether oxygens (including phenoxy) is 1. The maximum absolute atomic E-state index is 8.63. The second-order valence-corrected chi connectivity index (χ2v) is 3.41. The molecule has 0 atom stereocenters. The van der Waals surface area contributed by atoms with E-state index in [9.17, 15) is 0 Å². The smallest absolute Gasteiger partial charge is 0.259 e. The first kappa shape index (κ1) is 9.42. The maximum atomic E-state index is 8.63. The van der Waals surface area contributed by atoms with Crippen LogP contribution in [0, 0.1) is 0 Å². The van der Waals surface area contributed by atoms with Crippen LogP contribution in [0.25, 0.3) is 5.65 Å². The summed E-state index contributed by atoms with van der Waals surface area (Å²) < 4.78 is 7.69. The molecule has 0 aromatic carbocycles. The molecule has 0 spiro atoms. The molecule has 6 heteroatoms. The summed E-state index contributed by atoms with van der Waals surface area (Å²) in [5, 5.41) is 8.63. The lowest BCUT2D eigenvalue weighted by Crippen LogP contribution is -2.05. The van der Waals surface area contributed by atoms with Crippen molar-refractivity contribution in [2.45, 2.75) is 0 Å². The zero-order chi connectivity index (χ0) is 9.97. The zero-order valence-corrected chi connectivity index (χ0v) is 8.81. The number of aromatic nitrogens is 3. The molecule has 0 aliphatic carbocycles. The van der Waals surface area contributed by atoms with Gasteiger partial charge >= 0.3 is 0 Å². The minimum atomic E-state index is -0.0406. The number of imidazole rings is 1. The van der Waals surface area contributed by atoms with Crippen molar-refractivity contribution in [3.05, 3.63) is 23.2 Å². The summed E-state index contributed by atoms with van der Waals surface area (Å²) in [4.78, 5) is 8.20. The fourth-order valence-electron chi connectivity index (χ4n) is 1.11. The van der Waals surface area contributed by atoms with Gasteiger partial charge in [-0.05, 0) is 15.9 Å². The standard InChI is InChI=1S/C8H8BrN3O2/c9-6-5-12-2-1-10-7(12)8(11-6)14-4-3-13/h1-2,5,13H,3-4H2. The van der Waals surface area contributed by atoms with E-state index in [0.29, 0.717) is 16.1 Å². The van der Waals surface area contributed by atoms with Crippen molar-refractivity contribution >= 4 is 21.6 Å². The summed E-state index contributed by atoms with van der Waals surface area (Å²) in [6.07, 6.45) is 5.25. The SMILES string of the molecule is OCCOc1nc(Br)cn2ccnc12. The average molecular weight is 258 g/mol. The number of nitrogens with zero attached hydrogens (tertiary/aromatic N) is 3. The fraction of sp³-hybridized carbons (Fsp3) is 0.250. The van der Waals surface area contributed by atoms with E-state index in [1.807, 2.05) is 0 Å². The lowest BCUT2D eigenvalue weighted by molar-refractivity contribution is 0.197. The van der Waals surface area contributed by atoms with Crippen LogP contribution < -0.4 is 4.74 Å². The molecule has 0 fully saturated rings. The van der Waals surface area contributed by atoms with E-state index >= 15 is 0 Å². The molecule has 2 rings (SSSR count). The van der Waals surface area contributed by atoms with Crippen molar-refractivity contribution in [2.75, 3.05) is 13.2 Å². The summed E-state index contributed by atoms with van der Waals surface area (Å²) in [5.41, 5.74) is 0.640. The molecule has 0 unspecified atom stereocenters. The molecule has 0 radical (unpaired) electrons. The fourth-order valence-corrected chi connectivity index (χ4v) is 1.49. The Morgan fingerprint density at radius 1 is 1.57 bits per heavy atom. The molecule has 0 bridgehead atoms. The van der Waals surface area contributed by atoms with E-state index < -0.39 is 0 Å². The van der Waals surface area contributed by atoms with Gasteiger partial charge in [0.05, 0.1) is 6.61 Å². The Morgan fingerprint density at radius 3 is 3.21 bits per heavy atom. The summed E-state index contributed by atoms with van der Waals surface area (Å²) >= 11 is 3.26. The van der Waals surface area contributed by atoms with Gasteiger partial charge in [0.25, 0.3) is 5.88 Å². The highest BCUT2D eigenvalue weighted by Crippen LogP contribution is 2.18. The first-order valence-corrected chi connectivity index (χ1v) is 4.83. The van der Waals surface area contributed by atoms with Crippen LogP contribution in [0.3, 0.4) is 0 Å². The second-order valence-electron chi connectivity index (χ2n) is 2.60. The van der Waals surface area contributed by atoms with Crippen molar-refractivity contribution in [3.8, 4) is 5.88 Å². The van der Waals surface area contributed by atoms with E-state index in [-0.39, 0.29) is 13.2 Å². The van der Waals surface area contributed by atoms with Crippen molar-refractivity contribution in [3.63, 3.8) is 0 Å². The van der Waals surface area contributed by atoms with Crippen LogP contribution in [0.1, 0.15) is 0 Å². The third kappa shape index (κ3) is 1.71. The largest absolute Gasteiger partial charge is 0.473 e. The number of hydrogen-bond acceptors (Lipinski definition) is 4. The number of fused-ring (bicyclic) bond motifs is 1. The van der Waals surface area contributed by atoms with Crippen molar-refractivity contribution in [1.29, 1.82) is 0 Å². The Hall–Kier alpha value is -1.14. The minimum Gasteiger partial charge on any atom is -0.473 e. The Labute approximate surface area is 88.5 Å². The zero-order valence-electron chi connectivity index (χ0n) is 7.22. The predicted molar refractivity (Wildman–Crippen MR) is 53.3 cm³/mol. The molecular weight excluding hydrogens is 250 g/mol. The lowest BCUT2D eigenvalue weighted by atomic mass is 10.6. The number of rotatable bonds is 3. The van der Waals surface area contributed by atoms with Gasteiger partial charge in [0.1, 0.15) is 11.2 Å². The summed E-state index contributed by atoms with van der Waals surface area (Å²) in [7, 11) is 0. The lowest BCUT2D eigenvalue weighted by Gasteiger charge is -2.04. The van der Waals surface area contributed by atoms with Crippen LogP contribution in [-0.4, -0.2) is 32.7 Å². The van der Waals surface area contributed by atoms with Crippen molar-refractivity contribution in [1.82, 2.24) is 14.4 Å². The van der Waals surface area contributed by atoms with Gasteiger partial charge in [-0.15, -0.1) is 0 Å². The van der Waals surface area contributed by atoms with Crippen LogP contribution in [0.2, 0.25) is 0 Å². The van der Waals surface area contributed by atoms with Crippen LogP contribution in [0.4, 0.5) is 0 Å². The molecule has 2 aromatic heterocycles. The van der Waals surface area contributed by atoms with Crippen LogP contribution in [0.5, 0.6) is 5.88 Å². The number of aliphatic hydroxyl groups excluding tert-OH is 1. The summed E-state index contributed by atoms with van der Waals surface area (Å²) in [6.45, 7) is 0.174. The normalized spacial score (nSPS) is 10.7. The molecule has 0 amide bonds. The first-order valence-electron chi connectivity index (χ1n) is 4.04. The van der Waals surface area contributed by atoms with Gasteiger partial charge < -0.3 is 9.84 Å². The van der Waals surface area contributed by atoms with Gasteiger partial charge in [0.15, 0.2) is 0 Å². The minimum absolute atomic E-state index is 0.0406. The van der Waals surface area contributed by atoms with Gasteiger partial charge in [0, 0.05) is 18.6 Å². The van der Waals surface area contributed by atoms with Gasteiger partial charge in [-0.3, -0.25) is 4.40 Å². The highest BCUT2D eigenvalue weighted by atomic mass is 79.9. The third-order valence-corrected chi connectivity index (χ3v) is 2.03. The Bertz CT molecular complexity index is 443. The van der Waals surface area contributed by atoms with Gasteiger partial charge in [-0.2, -0.15) is 0 Å². The molecule has 0 aliphatic rings. The van der Waals surface area contributed by atoms with E-state index in [4.69, 9.17) is 9.84 Å². The van der Waals surface area contributed by atoms with Gasteiger partial charge in [0.2, 0.25) is 5.65 Å². The van der Waals surface area contributed by atoms with E-state index in [1.165, 1.54) is 0 Å².